The van der Waals surface area contributed by atoms with Crippen molar-refractivity contribution in [2.45, 2.75) is 25.0 Å². The summed E-state index contributed by atoms with van der Waals surface area (Å²) in [6, 6.07) is 21.7. The van der Waals surface area contributed by atoms with Gasteiger partial charge < -0.3 is 4.40 Å². The van der Waals surface area contributed by atoms with Crippen LogP contribution in [0.3, 0.4) is 0 Å². The molecule has 0 saturated carbocycles. The normalized spacial score (nSPS) is 12.5. The van der Waals surface area contributed by atoms with Crippen molar-refractivity contribution in [1.82, 2.24) is 9.38 Å². The summed E-state index contributed by atoms with van der Waals surface area (Å²) >= 11 is 1.79. The second kappa shape index (κ2) is 8.61. The fraction of sp³-hybridized carbons (Fsp3) is 0.208. The summed E-state index contributed by atoms with van der Waals surface area (Å²) in [5.41, 5.74) is 5.94. The maximum absolute atomic E-state index is 14.5. The first-order chi connectivity index (χ1) is 13.8. The maximum atomic E-state index is 14.5. The molecule has 0 atom stereocenters. The number of aromatic nitrogens is 2. The predicted molar refractivity (Wildman–Crippen MR) is 116 cm³/mol. The van der Waals surface area contributed by atoms with Crippen LogP contribution in [0.5, 0.6) is 0 Å². The summed E-state index contributed by atoms with van der Waals surface area (Å²) in [6.07, 6.45) is 7.19. The fourth-order valence-electron chi connectivity index (χ4n) is 3.59. The minimum Gasteiger partial charge on any atom is -0.303 e. The van der Waals surface area contributed by atoms with Crippen LogP contribution >= 0.6 is 11.8 Å². The molecule has 2 nitrogen and oxygen atoms in total. The SMILES string of the molecule is CSCc1ccc(-c2cn3c4c(nc3cc2F)CCC4)cc1.c1ccccc1. The van der Waals surface area contributed by atoms with Gasteiger partial charge in [-0.1, -0.05) is 60.7 Å². The second-order valence-corrected chi connectivity index (χ2v) is 7.77. The van der Waals surface area contributed by atoms with E-state index < -0.39 is 0 Å². The summed E-state index contributed by atoms with van der Waals surface area (Å²) in [4.78, 5) is 4.55. The van der Waals surface area contributed by atoms with Crippen molar-refractivity contribution in [3.8, 4) is 11.1 Å². The van der Waals surface area contributed by atoms with Gasteiger partial charge >= 0.3 is 0 Å². The number of benzene rings is 2. The van der Waals surface area contributed by atoms with E-state index in [2.05, 4.69) is 27.8 Å². The predicted octanol–water partition coefficient (Wildman–Crippen LogP) is 6.18. The molecule has 1 aliphatic rings. The van der Waals surface area contributed by atoms with E-state index in [4.69, 9.17) is 0 Å². The molecule has 0 N–H and O–H groups in total. The van der Waals surface area contributed by atoms with Crippen LogP contribution in [0.2, 0.25) is 0 Å². The molecule has 0 fully saturated rings. The number of thioether (sulfide) groups is 1. The summed E-state index contributed by atoms with van der Waals surface area (Å²) in [5, 5.41) is 0. The Morgan fingerprint density at radius 2 is 1.68 bits per heavy atom. The smallest absolute Gasteiger partial charge is 0.140 e. The molecular weight excluding hydrogens is 367 g/mol. The highest BCUT2D eigenvalue weighted by molar-refractivity contribution is 7.97. The van der Waals surface area contributed by atoms with Crippen LogP contribution in [0, 0.1) is 5.82 Å². The van der Waals surface area contributed by atoms with E-state index in [0.717, 1.165) is 41.9 Å². The Morgan fingerprint density at radius 3 is 2.32 bits per heavy atom. The van der Waals surface area contributed by atoms with Gasteiger partial charge in [0.2, 0.25) is 0 Å². The summed E-state index contributed by atoms with van der Waals surface area (Å²) in [5.74, 6) is 0.783. The first-order valence-electron chi connectivity index (χ1n) is 9.54. The van der Waals surface area contributed by atoms with Crippen molar-refractivity contribution in [3.05, 3.63) is 95.7 Å². The van der Waals surface area contributed by atoms with Crippen LogP contribution in [-0.4, -0.2) is 15.6 Å². The number of nitrogens with zero attached hydrogens (tertiary/aromatic N) is 2. The van der Waals surface area contributed by atoms with Crippen LogP contribution in [0.25, 0.3) is 16.8 Å². The molecule has 2 heterocycles. The number of imidazole rings is 1. The number of fused-ring (bicyclic) bond motifs is 3. The number of hydrogen-bond acceptors (Lipinski definition) is 2. The van der Waals surface area contributed by atoms with E-state index in [9.17, 15) is 4.39 Å². The van der Waals surface area contributed by atoms with Crippen molar-refractivity contribution >= 4 is 17.4 Å². The van der Waals surface area contributed by atoms with E-state index in [1.165, 1.54) is 11.3 Å². The van der Waals surface area contributed by atoms with E-state index in [1.54, 1.807) is 17.8 Å². The van der Waals surface area contributed by atoms with Gasteiger partial charge in [-0.05, 0) is 36.6 Å². The Balaban J connectivity index is 0.000000275. The summed E-state index contributed by atoms with van der Waals surface area (Å²) in [6.45, 7) is 0. The Kier molecular flexibility index (Phi) is 5.77. The average molecular weight is 391 g/mol. The number of pyridine rings is 1. The molecule has 142 valence electrons. The van der Waals surface area contributed by atoms with Gasteiger partial charge in [0.15, 0.2) is 0 Å². The molecule has 2 aromatic carbocycles. The largest absolute Gasteiger partial charge is 0.303 e. The van der Waals surface area contributed by atoms with Crippen LogP contribution in [0.4, 0.5) is 4.39 Å². The Morgan fingerprint density at radius 1 is 1.00 bits per heavy atom. The van der Waals surface area contributed by atoms with Crippen molar-refractivity contribution in [1.29, 1.82) is 0 Å². The quantitative estimate of drug-likeness (QED) is 0.416. The molecule has 1 aliphatic carbocycles. The number of aryl methyl sites for hydroxylation is 2. The molecule has 0 unspecified atom stereocenters. The highest BCUT2D eigenvalue weighted by Crippen LogP contribution is 2.29. The molecule has 0 spiro atoms. The van der Waals surface area contributed by atoms with Gasteiger partial charge in [-0.2, -0.15) is 11.8 Å². The summed E-state index contributed by atoms with van der Waals surface area (Å²) in [7, 11) is 0. The number of halogens is 1. The monoisotopic (exact) mass is 390 g/mol. The molecule has 0 aliphatic heterocycles. The lowest BCUT2D eigenvalue weighted by molar-refractivity contribution is 0.629. The van der Waals surface area contributed by atoms with Gasteiger partial charge in [0.05, 0.1) is 5.69 Å². The Hall–Kier alpha value is -2.59. The van der Waals surface area contributed by atoms with Gasteiger partial charge in [-0.3, -0.25) is 0 Å². The average Bonchev–Trinajstić information content (AvgIpc) is 3.31. The van der Waals surface area contributed by atoms with Crippen LogP contribution in [-0.2, 0) is 18.6 Å². The number of hydrogen-bond donors (Lipinski definition) is 0. The van der Waals surface area contributed by atoms with Crippen LogP contribution < -0.4 is 0 Å². The van der Waals surface area contributed by atoms with Gasteiger partial charge in [-0.25, -0.2) is 9.37 Å². The molecule has 0 radical (unpaired) electrons. The maximum Gasteiger partial charge on any atom is 0.140 e. The molecule has 2 aromatic heterocycles. The van der Waals surface area contributed by atoms with Crippen molar-refractivity contribution in [2.75, 3.05) is 6.26 Å². The lowest BCUT2D eigenvalue weighted by Gasteiger charge is -2.07. The third-order valence-electron chi connectivity index (χ3n) is 4.96. The van der Waals surface area contributed by atoms with E-state index >= 15 is 0 Å². The summed E-state index contributed by atoms with van der Waals surface area (Å²) < 4.78 is 16.5. The van der Waals surface area contributed by atoms with E-state index in [0.29, 0.717) is 5.56 Å². The van der Waals surface area contributed by atoms with E-state index in [-0.39, 0.29) is 5.82 Å². The van der Waals surface area contributed by atoms with Gasteiger partial charge in [0.1, 0.15) is 11.5 Å². The molecule has 4 heteroatoms. The minimum atomic E-state index is -0.200. The molecule has 0 saturated heterocycles. The Bertz CT molecular complexity index is 1030. The minimum absolute atomic E-state index is 0.200. The van der Waals surface area contributed by atoms with Crippen molar-refractivity contribution < 1.29 is 4.39 Å². The van der Waals surface area contributed by atoms with Crippen molar-refractivity contribution in [2.24, 2.45) is 0 Å². The third-order valence-corrected chi connectivity index (χ3v) is 5.58. The third kappa shape index (κ3) is 3.97. The van der Waals surface area contributed by atoms with Gasteiger partial charge in [-0.15, -0.1) is 0 Å². The Labute approximate surface area is 169 Å². The standard InChI is InChI=1S/C18H17FN2S.C6H6/c1-22-11-12-5-7-13(8-6-12)14-10-21-17-4-2-3-16(17)20-18(21)9-15(14)19;1-2-4-6-5-3-1/h5-10H,2-4,11H2,1H3;1-6H. The first-order valence-corrected chi connectivity index (χ1v) is 10.9. The second-order valence-electron chi connectivity index (χ2n) is 6.91. The zero-order chi connectivity index (χ0) is 19.3. The first kappa shape index (κ1) is 18.8. The molecule has 4 aromatic rings. The van der Waals surface area contributed by atoms with Crippen LogP contribution in [0.1, 0.15) is 23.4 Å². The molecular formula is C24H23FN2S. The van der Waals surface area contributed by atoms with Crippen molar-refractivity contribution in [3.63, 3.8) is 0 Å². The van der Waals surface area contributed by atoms with E-state index in [1.807, 2.05) is 54.7 Å². The van der Waals surface area contributed by atoms with Gasteiger partial charge in [0.25, 0.3) is 0 Å². The zero-order valence-corrected chi connectivity index (χ0v) is 16.8. The molecule has 5 rings (SSSR count). The molecule has 28 heavy (non-hydrogen) atoms. The van der Waals surface area contributed by atoms with Gasteiger partial charge in [0, 0.05) is 29.3 Å². The molecule has 0 bridgehead atoms. The molecule has 0 amide bonds. The fourth-order valence-corrected chi connectivity index (χ4v) is 4.12. The highest BCUT2D eigenvalue weighted by atomic mass is 32.2. The lowest BCUT2D eigenvalue weighted by atomic mass is 10.1. The zero-order valence-electron chi connectivity index (χ0n) is 15.9. The topological polar surface area (TPSA) is 17.3 Å². The van der Waals surface area contributed by atoms with Crippen LogP contribution in [0.15, 0.2) is 72.9 Å². The highest BCUT2D eigenvalue weighted by Gasteiger charge is 2.19. The number of rotatable bonds is 3. The lowest BCUT2D eigenvalue weighted by Crippen LogP contribution is -1.95.